The molecule has 4 heteroatoms. The van der Waals surface area contributed by atoms with Crippen molar-refractivity contribution in [1.82, 2.24) is 4.90 Å². The van der Waals surface area contributed by atoms with Crippen LogP contribution < -0.4 is 0 Å². The van der Waals surface area contributed by atoms with Crippen molar-refractivity contribution in [3.8, 4) is 5.75 Å². The number of carbonyl (C=O) groups excluding carboxylic acids is 1. The van der Waals surface area contributed by atoms with Crippen molar-refractivity contribution in [2.24, 2.45) is 0 Å². The molecule has 1 saturated heterocycles. The predicted molar refractivity (Wildman–Crippen MR) is 63.0 cm³/mol. The van der Waals surface area contributed by atoms with Crippen molar-refractivity contribution in [3.63, 3.8) is 0 Å². The lowest BCUT2D eigenvalue weighted by Crippen LogP contribution is -2.28. The number of rotatable bonds is 1. The lowest BCUT2D eigenvalue weighted by molar-refractivity contribution is 0.0793. The fourth-order valence-corrected chi connectivity index (χ4v) is 2.14. The van der Waals surface area contributed by atoms with Crippen LogP contribution in [-0.2, 0) is 0 Å². The third kappa shape index (κ3) is 2.14. The number of likely N-dealkylation sites (tertiary alicyclic amines) is 1. The quantitative estimate of drug-likeness (QED) is 0.763. The summed E-state index contributed by atoms with van der Waals surface area (Å²) in [6.07, 6.45) is 0.852. The van der Waals surface area contributed by atoms with Crippen molar-refractivity contribution in [3.05, 3.63) is 29.3 Å². The van der Waals surface area contributed by atoms with Crippen molar-refractivity contribution in [2.75, 3.05) is 13.1 Å². The van der Waals surface area contributed by atoms with Crippen LogP contribution in [0, 0.1) is 6.92 Å². The Balaban J connectivity index is 2.18. The molecule has 1 N–H and O–H groups in total. The number of aryl methyl sites for hydroxylation is 1. The maximum Gasteiger partial charge on any atom is 0.253 e. The molecule has 3 nitrogen and oxygen atoms in total. The van der Waals surface area contributed by atoms with E-state index in [0.717, 1.165) is 6.42 Å². The molecule has 1 aromatic rings. The van der Waals surface area contributed by atoms with Gasteiger partial charge in [0.15, 0.2) is 0 Å². The van der Waals surface area contributed by atoms with Crippen LogP contribution in [0.15, 0.2) is 18.2 Å². The lowest BCUT2D eigenvalue weighted by atomic mass is 10.1. The Morgan fingerprint density at radius 2 is 2.31 bits per heavy atom. The van der Waals surface area contributed by atoms with Gasteiger partial charge in [-0.2, -0.15) is 0 Å². The molecule has 1 heterocycles. The fourth-order valence-electron chi connectivity index (χ4n) is 1.87. The van der Waals surface area contributed by atoms with Crippen molar-refractivity contribution in [1.29, 1.82) is 0 Å². The first-order valence-electron chi connectivity index (χ1n) is 5.31. The number of phenols is 1. The highest BCUT2D eigenvalue weighted by Gasteiger charge is 2.25. The largest absolute Gasteiger partial charge is 0.508 e. The number of benzene rings is 1. The SMILES string of the molecule is Cc1cc(C(=O)N2CCC(Cl)C2)ccc1O. The first-order valence-corrected chi connectivity index (χ1v) is 5.74. The van der Waals surface area contributed by atoms with E-state index in [1.807, 2.05) is 0 Å². The fraction of sp³-hybridized carbons (Fsp3) is 0.417. The van der Waals surface area contributed by atoms with Gasteiger partial charge < -0.3 is 10.0 Å². The summed E-state index contributed by atoms with van der Waals surface area (Å²) in [6, 6.07) is 4.91. The lowest BCUT2D eigenvalue weighted by Gasteiger charge is -2.15. The van der Waals surface area contributed by atoms with E-state index in [4.69, 9.17) is 11.6 Å². The van der Waals surface area contributed by atoms with E-state index in [2.05, 4.69) is 0 Å². The first-order chi connectivity index (χ1) is 7.58. The Morgan fingerprint density at radius 1 is 1.56 bits per heavy atom. The van der Waals surface area contributed by atoms with Crippen LogP contribution in [0.1, 0.15) is 22.3 Å². The zero-order chi connectivity index (χ0) is 11.7. The Hall–Kier alpha value is -1.22. The summed E-state index contributed by atoms with van der Waals surface area (Å²) in [5.74, 6) is 0.208. The van der Waals surface area contributed by atoms with Gasteiger partial charge in [-0.1, -0.05) is 0 Å². The molecule has 1 unspecified atom stereocenters. The maximum absolute atomic E-state index is 12.0. The topological polar surface area (TPSA) is 40.5 Å². The minimum atomic E-state index is -0.00810. The van der Waals surface area contributed by atoms with Crippen LogP contribution in [0.2, 0.25) is 0 Å². The van der Waals surface area contributed by atoms with Crippen LogP contribution in [-0.4, -0.2) is 34.4 Å². The van der Waals surface area contributed by atoms with E-state index in [1.54, 1.807) is 30.0 Å². The average molecular weight is 240 g/mol. The highest BCUT2D eigenvalue weighted by molar-refractivity contribution is 6.21. The summed E-state index contributed by atoms with van der Waals surface area (Å²) in [5.41, 5.74) is 1.33. The van der Waals surface area contributed by atoms with E-state index in [9.17, 15) is 9.90 Å². The van der Waals surface area contributed by atoms with Gasteiger partial charge in [0.05, 0.1) is 5.38 Å². The highest BCUT2D eigenvalue weighted by atomic mass is 35.5. The Labute approximate surface area is 99.6 Å². The second kappa shape index (κ2) is 4.34. The number of aromatic hydroxyl groups is 1. The van der Waals surface area contributed by atoms with Gasteiger partial charge in [-0.25, -0.2) is 0 Å². The first kappa shape index (κ1) is 11.3. The van der Waals surface area contributed by atoms with Crippen molar-refractivity contribution < 1.29 is 9.90 Å². The van der Waals surface area contributed by atoms with Crippen molar-refractivity contribution in [2.45, 2.75) is 18.7 Å². The molecule has 16 heavy (non-hydrogen) atoms. The molecule has 1 aliphatic rings. The smallest absolute Gasteiger partial charge is 0.253 e. The van der Waals surface area contributed by atoms with E-state index >= 15 is 0 Å². The molecule has 0 bridgehead atoms. The summed E-state index contributed by atoms with van der Waals surface area (Å²) < 4.78 is 0. The van der Waals surface area contributed by atoms with Crippen LogP contribution in [0.3, 0.4) is 0 Å². The minimum Gasteiger partial charge on any atom is -0.508 e. The summed E-state index contributed by atoms with van der Waals surface area (Å²) in [6.45, 7) is 3.10. The van der Waals surface area contributed by atoms with Gasteiger partial charge in [-0.05, 0) is 37.1 Å². The van der Waals surface area contributed by atoms with Gasteiger partial charge in [-0.3, -0.25) is 4.79 Å². The van der Waals surface area contributed by atoms with Gasteiger partial charge in [0.1, 0.15) is 5.75 Å². The van der Waals surface area contributed by atoms with Crippen LogP contribution in [0.4, 0.5) is 0 Å². The monoisotopic (exact) mass is 239 g/mol. The highest BCUT2D eigenvalue weighted by Crippen LogP contribution is 2.21. The number of phenolic OH excluding ortho intramolecular Hbond substituents is 1. The van der Waals surface area contributed by atoms with Gasteiger partial charge in [0, 0.05) is 18.7 Å². The molecular formula is C12H14ClNO2. The van der Waals surface area contributed by atoms with E-state index in [1.165, 1.54) is 0 Å². The van der Waals surface area contributed by atoms with Crippen LogP contribution in [0.25, 0.3) is 0 Å². The second-order valence-electron chi connectivity index (χ2n) is 4.14. The zero-order valence-electron chi connectivity index (χ0n) is 9.11. The van der Waals surface area contributed by atoms with Crippen LogP contribution in [0.5, 0.6) is 5.75 Å². The van der Waals surface area contributed by atoms with Crippen LogP contribution >= 0.6 is 11.6 Å². The molecule has 0 aliphatic carbocycles. The predicted octanol–water partition coefficient (Wildman–Crippen LogP) is 2.15. The minimum absolute atomic E-state index is 0.00810. The number of halogens is 1. The summed E-state index contributed by atoms with van der Waals surface area (Å²) in [5, 5.41) is 9.46. The molecule has 1 fully saturated rings. The molecule has 1 aliphatic heterocycles. The number of nitrogens with zero attached hydrogens (tertiary/aromatic N) is 1. The molecule has 0 saturated carbocycles. The number of hydrogen-bond donors (Lipinski definition) is 1. The average Bonchev–Trinajstić information content (AvgIpc) is 2.68. The molecule has 1 atom stereocenters. The van der Waals surface area contributed by atoms with E-state index < -0.39 is 0 Å². The molecule has 1 aromatic carbocycles. The molecule has 0 spiro atoms. The number of hydrogen-bond acceptors (Lipinski definition) is 2. The summed E-state index contributed by atoms with van der Waals surface area (Å²) in [7, 11) is 0. The summed E-state index contributed by atoms with van der Waals surface area (Å²) >= 11 is 5.96. The van der Waals surface area contributed by atoms with Gasteiger partial charge in [0.25, 0.3) is 5.91 Å². The normalized spacial score (nSPS) is 20.1. The molecule has 0 radical (unpaired) electrons. The summed E-state index contributed by atoms with van der Waals surface area (Å²) in [4.78, 5) is 13.8. The zero-order valence-corrected chi connectivity index (χ0v) is 9.87. The number of alkyl halides is 1. The Morgan fingerprint density at radius 3 is 2.88 bits per heavy atom. The number of carbonyl (C=O) groups is 1. The van der Waals surface area contributed by atoms with E-state index in [0.29, 0.717) is 24.2 Å². The maximum atomic E-state index is 12.0. The molecular weight excluding hydrogens is 226 g/mol. The molecule has 86 valence electrons. The second-order valence-corrected chi connectivity index (χ2v) is 4.76. The van der Waals surface area contributed by atoms with Gasteiger partial charge in [-0.15, -0.1) is 11.6 Å². The molecule has 1 amide bonds. The third-order valence-electron chi connectivity index (χ3n) is 2.86. The number of amides is 1. The van der Waals surface area contributed by atoms with Crippen molar-refractivity contribution >= 4 is 17.5 Å². The van der Waals surface area contributed by atoms with Gasteiger partial charge in [0.2, 0.25) is 0 Å². The van der Waals surface area contributed by atoms with Gasteiger partial charge >= 0.3 is 0 Å². The van der Waals surface area contributed by atoms with E-state index in [-0.39, 0.29) is 17.0 Å². The third-order valence-corrected chi connectivity index (χ3v) is 3.22. The standard InChI is InChI=1S/C12H14ClNO2/c1-8-6-9(2-3-11(8)15)12(16)14-5-4-10(13)7-14/h2-3,6,10,15H,4-5,7H2,1H3. The Bertz CT molecular complexity index is 419. The molecule has 0 aromatic heterocycles. The Kier molecular flexibility index (Phi) is 3.06. The molecule has 2 rings (SSSR count).